The predicted molar refractivity (Wildman–Crippen MR) is 166 cm³/mol. The molecule has 0 amide bonds. The van der Waals surface area contributed by atoms with Crippen molar-refractivity contribution in [3.05, 3.63) is 127 Å². The number of furan rings is 1. The van der Waals surface area contributed by atoms with Crippen LogP contribution in [-0.4, -0.2) is 4.57 Å². The molecule has 0 N–H and O–H groups in total. The van der Waals surface area contributed by atoms with Gasteiger partial charge in [0.1, 0.15) is 5.58 Å². The third kappa shape index (κ3) is 2.91. The van der Waals surface area contributed by atoms with Crippen molar-refractivity contribution >= 4 is 75.3 Å². The molecule has 0 aliphatic carbocycles. The van der Waals surface area contributed by atoms with Crippen molar-refractivity contribution in [1.29, 1.82) is 0 Å². The van der Waals surface area contributed by atoms with Gasteiger partial charge in [0.2, 0.25) is 0 Å². The summed E-state index contributed by atoms with van der Waals surface area (Å²) in [4.78, 5) is 0. The van der Waals surface area contributed by atoms with E-state index in [-0.39, 0.29) is 0 Å². The van der Waals surface area contributed by atoms with Crippen LogP contribution in [0.4, 0.5) is 0 Å². The third-order valence-corrected chi connectivity index (χ3v) is 9.16. The second-order valence-electron chi connectivity index (χ2n) is 10.1. The fourth-order valence-electron chi connectivity index (χ4n) is 6.33. The monoisotopic (exact) mass is 515 g/mol. The molecule has 6 aromatic carbocycles. The molecule has 0 aliphatic heterocycles. The molecule has 0 radical (unpaired) electrons. The zero-order valence-corrected chi connectivity index (χ0v) is 21.7. The first kappa shape index (κ1) is 21.1. The third-order valence-electron chi connectivity index (χ3n) is 8.01. The lowest BCUT2D eigenvalue weighted by Crippen LogP contribution is -1.94. The molecule has 3 heterocycles. The Morgan fingerprint density at radius 2 is 1.18 bits per heavy atom. The van der Waals surface area contributed by atoms with Crippen LogP contribution in [0.1, 0.15) is 0 Å². The van der Waals surface area contributed by atoms with Gasteiger partial charge in [0.15, 0.2) is 5.58 Å². The van der Waals surface area contributed by atoms with Gasteiger partial charge >= 0.3 is 0 Å². The standard InChI is InChI=1S/C36H21NOS/c1-4-14-29-24(9-1)25-10-2-5-15-30(25)37(29)31-16-7-13-27-35-23(12-8-17-32(35)38-36(27)31)22-19-20-34-28(21-22)26-11-3-6-18-33(26)39-34/h1-21H. The van der Waals surface area contributed by atoms with Crippen LogP contribution in [0.5, 0.6) is 0 Å². The number of nitrogens with zero attached hydrogens (tertiary/aromatic N) is 1. The zero-order chi connectivity index (χ0) is 25.5. The summed E-state index contributed by atoms with van der Waals surface area (Å²) in [5.41, 5.74) is 7.65. The minimum Gasteiger partial charge on any atom is -0.454 e. The molecule has 3 aromatic heterocycles. The summed E-state index contributed by atoms with van der Waals surface area (Å²) < 4.78 is 11.7. The summed E-state index contributed by atoms with van der Waals surface area (Å²) in [5, 5.41) is 7.42. The van der Waals surface area contributed by atoms with Gasteiger partial charge in [-0.25, -0.2) is 0 Å². The van der Waals surface area contributed by atoms with E-state index in [0.29, 0.717) is 0 Å². The molecule has 0 spiro atoms. The van der Waals surface area contributed by atoms with E-state index in [4.69, 9.17) is 4.42 Å². The van der Waals surface area contributed by atoms with Crippen LogP contribution >= 0.6 is 11.3 Å². The molecular formula is C36H21NOS. The Bertz CT molecular complexity index is 2350. The van der Waals surface area contributed by atoms with E-state index in [1.54, 1.807) is 0 Å². The minimum atomic E-state index is 0.908. The highest BCUT2D eigenvalue weighted by atomic mass is 32.1. The largest absolute Gasteiger partial charge is 0.454 e. The summed E-state index contributed by atoms with van der Waals surface area (Å²) in [6, 6.07) is 45.7. The van der Waals surface area contributed by atoms with Crippen molar-refractivity contribution in [3.8, 4) is 16.8 Å². The maximum atomic E-state index is 6.69. The Balaban J connectivity index is 1.35. The summed E-state index contributed by atoms with van der Waals surface area (Å²) in [5.74, 6) is 0. The first-order valence-corrected chi connectivity index (χ1v) is 14.0. The topological polar surface area (TPSA) is 18.1 Å². The fraction of sp³-hybridized carbons (Fsp3) is 0. The summed E-state index contributed by atoms with van der Waals surface area (Å²) in [6.45, 7) is 0. The number of hydrogen-bond donors (Lipinski definition) is 0. The molecule has 0 saturated carbocycles. The fourth-order valence-corrected chi connectivity index (χ4v) is 7.41. The SMILES string of the molecule is c1cc(-c2ccc3sc4ccccc4c3c2)c2c(c1)oc1c(-n3c4ccccc4c4ccccc43)cccc12. The predicted octanol–water partition coefficient (Wildman–Crippen LogP) is 10.7. The van der Waals surface area contributed by atoms with Gasteiger partial charge in [-0.15, -0.1) is 11.3 Å². The van der Waals surface area contributed by atoms with E-state index in [1.807, 2.05) is 11.3 Å². The van der Waals surface area contributed by atoms with Gasteiger partial charge in [0.25, 0.3) is 0 Å². The average molecular weight is 516 g/mol. The van der Waals surface area contributed by atoms with Crippen molar-refractivity contribution in [2.24, 2.45) is 0 Å². The molecule has 0 unspecified atom stereocenters. The normalized spacial score (nSPS) is 12.1. The molecular weight excluding hydrogens is 494 g/mol. The number of benzene rings is 6. The highest BCUT2D eigenvalue weighted by molar-refractivity contribution is 7.25. The molecule has 0 bridgehead atoms. The maximum absolute atomic E-state index is 6.69. The lowest BCUT2D eigenvalue weighted by molar-refractivity contribution is 0.666. The van der Waals surface area contributed by atoms with E-state index >= 15 is 0 Å². The van der Waals surface area contributed by atoms with Crippen molar-refractivity contribution in [1.82, 2.24) is 4.57 Å². The van der Waals surface area contributed by atoms with Crippen LogP contribution in [-0.2, 0) is 0 Å². The van der Waals surface area contributed by atoms with E-state index < -0.39 is 0 Å². The van der Waals surface area contributed by atoms with E-state index in [1.165, 1.54) is 53.1 Å². The second-order valence-corrected chi connectivity index (χ2v) is 11.2. The Labute approximate surface area is 227 Å². The van der Waals surface area contributed by atoms with Gasteiger partial charge in [0, 0.05) is 41.7 Å². The van der Waals surface area contributed by atoms with E-state index in [2.05, 4.69) is 132 Å². The minimum absolute atomic E-state index is 0.908. The quantitative estimate of drug-likeness (QED) is 0.224. The molecule has 182 valence electrons. The van der Waals surface area contributed by atoms with Gasteiger partial charge in [0.05, 0.1) is 16.7 Å². The summed E-state index contributed by atoms with van der Waals surface area (Å²) >= 11 is 1.85. The molecule has 0 aliphatic rings. The maximum Gasteiger partial charge on any atom is 0.159 e. The van der Waals surface area contributed by atoms with Crippen LogP contribution in [0.25, 0.3) is 80.7 Å². The molecule has 3 heteroatoms. The number of thiophene rings is 1. The van der Waals surface area contributed by atoms with Crippen molar-refractivity contribution in [3.63, 3.8) is 0 Å². The highest BCUT2D eigenvalue weighted by Crippen LogP contribution is 2.43. The van der Waals surface area contributed by atoms with Crippen molar-refractivity contribution in [2.75, 3.05) is 0 Å². The molecule has 39 heavy (non-hydrogen) atoms. The molecule has 9 aromatic rings. The van der Waals surface area contributed by atoms with Gasteiger partial charge in [-0.3, -0.25) is 0 Å². The number of aromatic nitrogens is 1. The van der Waals surface area contributed by atoms with Gasteiger partial charge < -0.3 is 8.98 Å². The van der Waals surface area contributed by atoms with E-state index in [9.17, 15) is 0 Å². The Morgan fingerprint density at radius 1 is 0.513 bits per heavy atom. The van der Waals surface area contributed by atoms with Crippen LogP contribution in [0.3, 0.4) is 0 Å². The molecule has 9 rings (SSSR count). The van der Waals surface area contributed by atoms with Gasteiger partial charge in [-0.1, -0.05) is 84.9 Å². The Hall–Kier alpha value is -4.86. The number of hydrogen-bond acceptors (Lipinski definition) is 2. The highest BCUT2D eigenvalue weighted by Gasteiger charge is 2.19. The number of para-hydroxylation sites is 3. The average Bonchev–Trinajstić information content (AvgIpc) is 3.66. The molecule has 0 saturated heterocycles. The number of rotatable bonds is 2. The van der Waals surface area contributed by atoms with Crippen LogP contribution in [0.2, 0.25) is 0 Å². The lowest BCUT2D eigenvalue weighted by Gasteiger charge is -2.08. The zero-order valence-electron chi connectivity index (χ0n) is 20.9. The Morgan fingerprint density at radius 3 is 2.00 bits per heavy atom. The van der Waals surface area contributed by atoms with Gasteiger partial charge in [-0.2, -0.15) is 0 Å². The lowest BCUT2D eigenvalue weighted by atomic mass is 9.98. The van der Waals surface area contributed by atoms with Crippen LogP contribution in [0.15, 0.2) is 132 Å². The van der Waals surface area contributed by atoms with Gasteiger partial charge in [-0.05, 0) is 53.6 Å². The van der Waals surface area contributed by atoms with E-state index in [0.717, 1.165) is 27.6 Å². The molecule has 0 fully saturated rings. The molecule has 0 atom stereocenters. The summed E-state index contributed by atoms with van der Waals surface area (Å²) in [7, 11) is 0. The molecule has 2 nitrogen and oxygen atoms in total. The number of fused-ring (bicyclic) bond motifs is 9. The first-order valence-electron chi connectivity index (χ1n) is 13.2. The van der Waals surface area contributed by atoms with Crippen molar-refractivity contribution < 1.29 is 4.42 Å². The smallest absolute Gasteiger partial charge is 0.159 e. The second kappa shape index (κ2) is 7.83. The first-order chi connectivity index (χ1) is 19.3. The van der Waals surface area contributed by atoms with Crippen molar-refractivity contribution in [2.45, 2.75) is 0 Å². The van der Waals surface area contributed by atoms with Crippen LogP contribution < -0.4 is 0 Å². The summed E-state index contributed by atoms with van der Waals surface area (Å²) in [6.07, 6.45) is 0. The Kier molecular flexibility index (Phi) is 4.24. The van der Waals surface area contributed by atoms with Crippen LogP contribution in [0, 0.1) is 0 Å².